The van der Waals surface area contributed by atoms with Gasteiger partial charge >= 0.3 is 0 Å². The highest BCUT2D eigenvalue weighted by Crippen LogP contribution is 2.38. The van der Waals surface area contributed by atoms with E-state index in [9.17, 15) is 5.11 Å². The number of benzene rings is 5. The molecule has 0 aliphatic heterocycles. The first-order chi connectivity index (χ1) is 18.2. The molecule has 3 nitrogen and oxygen atoms in total. The normalized spacial score (nSPS) is 12.4. The van der Waals surface area contributed by atoms with Crippen molar-refractivity contribution < 1.29 is 5.11 Å². The number of fused-ring (bicyclic) bond motifs is 5. The van der Waals surface area contributed by atoms with Crippen molar-refractivity contribution in [2.75, 3.05) is 0 Å². The van der Waals surface area contributed by atoms with Crippen LogP contribution in [-0.4, -0.2) is 16.3 Å². The van der Waals surface area contributed by atoms with E-state index < -0.39 is 0 Å². The summed E-state index contributed by atoms with van der Waals surface area (Å²) < 4.78 is 2.18. The Morgan fingerprint density at radius 1 is 0.865 bits per heavy atom. The maximum Gasteiger partial charge on any atom is 0.151 e. The first kappa shape index (κ1) is 22.3. The molecular formula is C32H22N2OS2. The number of aromatic nitrogens is 1. The molecule has 178 valence electrons. The summed E-state index contributed by atoms with van der Waals surface area (Å²) in [5.74, 6) is 1.13. The van der Waals surface area contributed by atoms with Crippen LogP contribution in [0.1, 0.15) is 22.3 Å². The van der Waals surface area contributed by atoms with E-state index in [0.717, 1.165) is 48.8 Å². The molecule has 0 radical (unpaired) electrons. The molecule has 0 spiro atoms. The number of rotatable bonds is 5. The number of phenolic OH excluding ortho intramolecular Hbond substituents is 1. The highest BCUT2D eigenvalue weighted by atomic mass is 32.2. The van der Waals surface area contributed by atoms with E-state index in [4.69, 9.17) is 4.98 Å². The molecule has 1 aliphatic carbocycles. The van der Waals surface area contributed by atoms with Crippen molar-refractivity contribution in [3.8, 4) is 16.9 Å². The van der Waals surface area contributed by atoms with E-state index in [2.05, 4.69) is 53.5 Å². The predicted octanol–water partition coefficient (Wildman–Crippen LogP) is 8.77. The molecule has 6 aromatic rings. The zero-order chi connectivity index (χ0) is 24.8. The van der Waals surface area contributed by atoms with Crippen LogP contribution in [0, 0.1) is 0 Å². The molecule has 0 bridgehead atoms. The summed E-state index contributed by atoms with van der Waals surface area (Å²) >= 11 is 3.49. The fourth-order valence-electron chi connectivity index (χ4n) is 5.03. The summed E-state index contributed by atoms with van der Waals surface area (Å²) in [4.78, 5) is 9.51. The van der Waals surface area contributed by atoms with Crippen LogP contribution in [0.4, 0.5) is 5.69 Å². The second-order valence-electron chi connectivity index (χ2n) is 9.22. The molecule has 0 saturated carbocycles. The third kappa shape index (κ3) is 4.20. The topological polar surface area (TPSA) is 45.5 Å². The zero-order valence-electron chi connectivity index (χ0n) is 19.9. The average Bonchev–Trinajstić information content (AvgIpc) is 3.51. The Labute approximate surface area is 223 Å². The fraction of sp³-hybridized carbons (Fsp3) is 0.0625. The predicted molar refractivity (Wildman–Crippen MR) is 157 cm³/mol. The number of aromatic hydroxyl groups is 1. The van der Waals surface area contributed by atoms with Crippen molar-refractivity contribution in [3.05, 3.63) is 119 Å². The van der Waals surface area contributed by atoms with Crippen molar-refractivity contribution in [1.82, 2.24) is 4.98 Å². The van der Waals surface area contributed by atoms with Crippen molar-refractivity contribution in [2.45, 2.75) is 16.5 Å². The molecule has 1 N–H and O–H groups in total. The number of thiazole rings is 1. The highest BCUT2D eigenvalue weighted by Gasteiger charge is 2.18. The van der Waals surface area contributed by atoms with Gasteiger partial charge in [0, 0.05) is 17.5 Å². The third-order valence-corrected chi connectivity index (χ3v) is 9.10. The molecule has 5 heteroatoms. The van der Waals surface area contributed by atoms with Gasteiger partial charge in [0.05, 0.1) is 15.9 Å². The fourth-order valence-corrected chi connectivity index (χ4v) is 7.07. The number of phenols is 1. The van der Waals surface area contributed by atoms with Gasteiger partial charge in [-0.2, -0.15) is 0 Å². The summed E-state index contributed by atoms with van der Waals surface area (Å²) in [7, 11) is 0. The molecule has 0 amide bonds. The summed E-state index contributed by atoms with van der Waals surface area (Å²) in [5, 5.41) is 12.5. The van der Waals surface area contributed by atoms with Gasteiger partial charge in [0.2, 0.25) is 0 Å². The Bertz CT molecular complexity index is 1840. The van der Waals surface area contributed by atoms with Crippen molar-refractivity contribution >= 4 is 56.0 Å². The first-order valence-corrected chi connectivity index (χ1v) is 14.0. The molecular weight excluding hydrogens is 492 g/mol. The Morgan fingerprint density at radius 3 is 2.70 bits per heavy atom. The van der Waals surface area contributed by atoms with Crippen molar-refractivity contribution in [1.29, 1.82) is 0 Å². The van der Waals surface area contributed by atoms with E-state index in [1.165, 1.54) is 27.8 Å². The van der Waals surface area contributed by atoms with E-state index >= 15 is 0 Å². The van der Waals surface area contributed by atoms with Gasteiger partial charge in [-0.25, -0.2) is 4.98 Å². The van der Waals surface area contributed by atoms with Crippen LogP contribution < -0.4 is 0 Å². The molecule has 1 aromatic heterocycles. The van der Waals surface area contributed by atoms with Crippen molar-refractivity contribution in [3.63, 3.8) is 0 Å². The van der Waals surface area contributed by atoms with Gasteiger partial charge in [0.1, 0.15) is 5.75 Å². The Morgan fingerprint density at radius 2 is 1.73 bits per heavy atom. The average molecular weight is 515 g/mol. The van der Waals surface area contributed by atoms with Gasteiger partial charge in [-0.05, 0) is 69.3 Å². The minimum atomic E-state index is 0.232. The zero-order valence-corrected chi connectivity index (χ0v) is 21.5. The van der Waals surface area contributed by atoms with Crippen LogP contribution in [0.2, 0.25) is 0 Å². The summed E-state index contributed by atoms with van der Waals surface area (Å²) in [6, 6.07) is 33.3. The molecule has 0 atom stereocenters. The third-order valence-electron chi connectivity index (χ3n) is 6.86. The standard InChI is InChI=1S/C32H22N2OS2/c35-30-14-10-21-5-1-3-7-25(21)28(30)18-33-24-11-13-29-31(17-24)37-32(34-29)36-19-20-9-12-27-23(15-20)16-22-6-2-4-8-26(22)27/h1-15,17-18,35H,16,19H2. The van der Waals surface area contributed by atoms with Crippen molar-refractivity contribution in [2.24, 2.45) is 4.99 Å². The minimum absolute atomic E-state index is 0.232. The molecule has 1 heterocycles. The molecule has 37 heavy (non-hydrogen) atoms. The second kappa shape index (κ2) is 9.18. The molecule has 0 saturated heterocycles. The van der Waals surface area contributed by atoms with Gasteiger partial charge < -0.3 is 5.11 Å². The SMILES string of the molecule is Oc1ccc2ccccc2c1C=Nc1ccc2nc(SCc3ccc4c(c3)Cc3ccccc3-4)sc2c1. The van der Waals surface area contributed by atoms with Crippen LogP contribution in [0.3, 0.4) is 0 Å². The molecule has 0 unspecified atom stereocenters. The lowest BCUT2D eigenvalue weighted by molar-refractivity contribution is 0.475. The molecule has 1 aliphatic rings. The van der Waals surface area contributed by atoms with Gasteiger partial charge in [-0.1, -0.05) is 84.6 Å². The monoisotopic (exact) mass is 514 g/mol. The smallest absolute Gasteiger partial charge is 0.151 e. The number of hydrogen-bond acceptors (Lipinski definition) is 5. The summed E-state index contributed by atoms with van der Waals surface area (Å²) in [5.41, 5.74) is 9.48. The Hall–Kier alpha value is -3.93. The van der Waals surface area contributed by atoms with Gasteiger partial charge in [-0.3, -0.25) is 4.99 Å². The molecule has 7 rings (SSSR count). The van der Waals surface area contributed by atoms with E-state index in [1.54, 1.807) is 35.4 Å². The summed E-state index contributed by atoms with van der Waals surface area (Å²) in [6.07, 6.45) is 2.77. The Balaban J connectivity index is 1.09. The lowest BCUT2D eigenvalue weighted by Gasteiger charge is -2.04. The van der Waals surface area contributed by atoms with Crippen LogP contribution in [-0.2, 0) is 12.2 Å². The first-order valence-electron chi connectivity index (χ1n) is 12.2. The largest absolute Gasteiger partial charge is 0.507 e. The van der Waals surface area contributed by atoms with Crippen LogP contribution in [0.25, 0.3) is 32.1 Å². The quantitative estimate of drug-likeness (QED) is 0.184. The van der Waals surface area contributed by atoms with E-state index in [-0.39, 0.29) is 5.75 Å². The van der Waals surface area contributed by atoms with Crippen LogP contribution >= 0.6 is 23.1 Å². The van der Waals surface area contributed by atoms with E-state index in [1.807, 2.05) is 42.5 Å². The highest BCUT2D eigenvalue weighted by molar-refractivity contribution is 8.00. The Kier molecular flexibility index (Phi) is 5.53. The number of aliphatic imine (C=N–C) groups is 1. The second-order valence-corrected chi connectivity index (χ2v) is 11.5. The molecule has 0 fully saturated rings. The van der Waals surface area contributed by atoms with Gasteiger partial charge in [-0.15, -0.1) is 11.3 Å². The van der Waals surface area contributed by atoms with E-state index in [0.29, 0.717) is 0 Å². The van der Waals surface area contributed by atoms with Crippen LogP contribution in [0.15, 0.2) is 106 Å². The number of thioether (sulfide) groups is 1. The maximum absolute atomic E-state index is 10.4. The maximum atomic E-state index is 10.4. The van der Waals surface area contributed by atoms with Gasteiger partial charge in [0.15, 0.2) is 4.34 Å². The lowest BCUT2D eigenvalue weighted by Crippen LogP contribution is -1.86. The summed E-state index contributed by atoms with van der Waals surface area (Å²) in [6.45, 7) is 0. The molecule has 5 aromatic carbocycles. The minimum Gasteiger partial charge on any atom is -0.507 e. The van der Waals surface area contributed by atoms with Crippen LogP contribution in [0.5, 0.6) is 5.75 Å². The number of hydrogen-bond donors (Lipinski definition) is 1. The lowest BCUT2D eigenvalue weighted by atomic mass is 10.0. The number of nitrogens with zero attached hydrogens (tertiary/aromatic N) is 2. The van der Waals surface area contributed by atoms with Gasteiger partial charge in [0.25, 0.3) is 0 Å².